The second-order valence-electron chi connectivity index (χ2n) is 14.8. The molecule has 7 N–H and O–H groups in total. The molecule has 5 aromatic rings. The average molecular weight is 887 g/mol. The number of hydrogen-bond donors (Lipinski definition) is 7. The van der Waals surface area contributed by atoms with Gasteiger partial charge in [-0.1, -0.05) is 27.3 Å². The second-order valence-corrected chi connectivity index (χ2v) is 14.8. The first-order valence-electron chi connectivity index (χ1n) is 20.8. The minimum Gasteiger partial charge on any atom is -0.477 e. The standard InChI is InChI=1S/C29H37N7O4.C15H19N5O2.CH4.B2/c1-5-14-31-26-23(19-33-28(36-26)32-17-13-20-11-15-30-16-12-20)27(39)35-22-8-6-7-21(18-22)34-24(37)9-10-25(38)40-29(2,3)4;1-2-6-17-13-12(14(21)22)10-19-15(20-13)18-9-5-11-3-7-16-8-4-11;;1-2/h6-8,11-12,15-16,18-19H,5,9-10,13-14,17H2,1-4H3,(H,34,37)(H,35,39)(H2,31,32,33,36);3-4,7-8,10H,2,5-6,9H2,1H3,(H,21,22)(H2,17,18,19,20);1H4;. The van der Waals surface area contributed by atoms with E-state index < -0.39 is 23.4 Å². The first kappa shape index (κ1) is 54.0. The third-order valence-corrected chi connectivity index (χ3v) is 8.41. The van der Waals surface area contributed by atoms with Gasteiger partial charge in [0.25, 0.3) is 5.91 Å². The van der Waals surface area contributed by atoms with Crippen LogP contribution in [-0.2, 0) is 27.2 Å². The van der Waals surface area contributed by atoms with Crippen LogP contribution in [0.2, 0.25) is 0 Å². The summed E-state index contributed by atoms with van der Waals surface area (Å²) in [5.41, 5.74) is 3.04. The fourth-order valence-electron chi connectivity index (χ4n) is 5.45. The molecule has 4 radical (unpaired) electrons. The Labute approximate surface area is 384 Å². The lowest BCUT2D eigenvalue weighted by atomic mass is 9.81. The fourth-order valence-corrected chi connectivity index (χ4v) is 5.45. The predicted octanol–water partition coefficient (Wildman–Crippen LogP) is 6.58. The summed E-state index contributed by atoms with van der Waals surface area (Å²) in [6.07, 6.45) is 13.1. The molecule has 18 nitrogen and oxygen atoms in total. The highest BCUT2D eigenvalue weighted by Gasteiger charge is 2.19. The van der Waals surface area contributed by atoms with E-state index >= 15 is 0 Å². The zero-order chi connectivity index (χ0) is 46.7. The van der Waals surface area contributed by atoms with Crippen molar-refractivity contribution >= 4 is 74.1 Å². The number of anilines is 6. The molecule has 2 amide bonds. The third-order valence-electron chi connectivity index (χ3n) is 8.41. The van der Waals surface area contributed by atoms with Gasteiger partial charge < -0.3 is 41.7 Å². The SMILES string of the molecule is C.CCCNc1nc(NCCc2ccncc2)ncc1C(=O)Nc1cccc(NC(=O)CCC(=O)OC(C)(C)C)c1.CCCNc1nc(NCCc2ccncc2)ncc1C(=O)O.[B][B]. The quantitative estimate of drug-likeness (QED) is 0.0304. The molecule has 0 aliphatic heterocycles. The zero-order valence-electron chi connectivity index (χ0n) is 37.0. The Kier molecular flexibility index (Phi) is 24.3. The lowest BCUT2D eigenvalue weighted by molar-refractivity contribution is -0.155. The number of pyridine rings is 2. The Morgan fingerprint density at radius 1 is 0.662 bits per heavy atom. The first-order chi connectivity index (χ1) is 30.8. The van der Waals surface area contributed by atoms with E-state index in [0.29, 0.717) is 66.6 Å². The summed E-state index contributed by atoms with van der Waals surface area (Å²) in [4.78, 5) is 73.6. The molecule has 4 aromatic heterocycles. The maximum absolute atomic E-state index is 13.1. The summed E-state index contributed by atoms with van der Waals surface area (Å²) >= 11 is 0. The molecular weight excluding hydrogens is 826 g/mol. The number of aromatic carboxylic acids is 1. The number of carbonyl (C=O) groups is 4. The van der Waals surface area contributed by atoms with Gasteiger partial charge in [-0.25, -0.2) is 14.8 Å². The smallest absolute Gasteiger partial charge is 0.341 e. The lowest BCUT2D eigenvalue weighted by Crippen LogP contribution is -2.24. The van der Waals surface area contributed by atoms with E-state index in [-0.39, 0.29) is 31.7 Å². The molecular formula is C45H60B2N12O6. The van der Waals surface area contributed by atoms with E-state index in [2.05, 4.69) is 77.3 Å². The van der Waals surface area contributed by atoms with Crippen molar-refractivity contribution in [2.75, 3.05) is 58.1 Å². The number of aromatic nitrogens is 6. The Morgan fingerprint density at radius 2 is 1.14 bits per heavy atom. The molecule has 0 aliphatic carbocycles. The van der Waals surface area contributed by atoms with Crippen molar-refractivity contribution in [3.8, 4) is 0 Å². The van der Waals surface area contributed by atoms with Crippen LogP contribution in [0.5, 0.6) is 0 Å². The van der Waals surface area contributed by atoms with Gasteiger partial charge in [0.2, 0.25) is 17.8 Å². The van der Waals surface area contributed by atoms with Crippen LogP contribution in [0.4, 0.5) is 34.9 Å². The van der Waals surface area contributed by atoms with E-state index in [1.165, 1.54) is 12.4 Å². The van der Waals surface area contributed by atoms with Crippen LogP contribution in [-0.4, -0.2) is 106 Å². The summed E-state index contributed by atoms with van der Waals surface area (Å²) < 4.78 is 5.23. The van der Waals surface area contributed by atoms with Gasteiger partial charge in [0.05, 0.1) is 6.42 Å². The second kappa shape index (κ2) is 29.3. The van der Waals surface area contributed by atoms with Crippen molar-refractivity contribution < 1.29 is 29.0 Å². The van der Waals surface area contributed by atoms with Gasteiger partial charge in [-0.05, 0) is 100 Å². The molecule has 20 heteroatoms. The average Bonchev–Trinajstić information content (AvgIpc) is 3.28. The van der Waals surface area contributed by atoms with Gasteiger partial charge in [0.15, 0.2) is 0 Å². The van der Waals surface area contributed by atoms with Crippen LogP contribution in [0, 0.1) is 0 Å². The Bertz CT molecular complexity index is 2220. The molecule has 0 spiro atoms. The number of hydrogen-bond acceptors (Lipinski definition) is 15. The minimum atomic E-state index is -1.04. The van der Waals surface area contributed by atoms with Crippen LogP contribution in [0.3, 0.4) is 0 Å². The number of carbonyl (C=O) groups excluding carboxylic acids is 3. The minimum absolute atomic E-state index is 0. The fraction of sp³-hybridized carbons (Fsp3) is 0.378. The van der Waals surface area contributed by atoms with E-state index in [0.717, 1.165) is 36.8 Å². The third kappa shape index (κ3) is 20.7. The van der Waals surface area contributed by atoms with Gasteiger partial charge in [-0.2, -0.15) is 9.97 Å². The predicted molar refractivity (Wildman–Crippen MR) is 258 cm³/mol. The Balaban J connectivity index is 0.000000491. The summed E-state index contributed by atoms with van der Waals surface area (Å²) in [5, 5.41) is 27.2. The van der Waals surface area contributed by atoms with Crippen LogP contribution in [0.25, 0.3) is 0 Å². The van der Waals surface area contributed by atoms with Gasteiger partial charge >= 0.3 is 11.9 Å². The van der Waals surface area contributed by atoms with Crippen LogP contribution >= 0.6 is 0 Å². The van der Waals surface area contributed by atoms with Crippen molar-refractivity contribution in [1.82, 2.24) is 29.9 Å². The summed E-state index contributed by atoms with van der Waals surface area (Å²) in [5.74, 6) is -0.604. The number of ether oxygens (including phenoxy) is 1. The molecule has 4 heterocycles. The molecule has 5 rings (SSSR count). The van der Waals surface area contributed by atoms with Crippen molar-refractivity contribution in [3.05, 3.63) is 108 Å². The van der Waals surface area contributed by atoms with E-state index in [4.69, 9.17) is 9.84 Å². The van der Waals surface area contributed by atoms with Crippen LogP contribution in [0.15, 0.2) is 85.7 Å². The van der Waals surface area contributed by atoms with Gasteiger partial charge in [-0.15, -0.1) is 0 Å². The Morgan fingerprint density at radius 3 is 1.62 bits per heavy atom. The molecule has 65 heavy (non-hydrogen) atoms. The number of benzene rings is 1. The highest BCUT2D eigenvalue weighted by molar-refractivity contribution is 6.75. The van der Waals surface area contributed by atoms with Crippen LogP contribution in [0.1, 0.15) is 99.6 Å². The van der Waals surface area contributed by atoms with Gasteiger partial charge in [-0.3, -0.25) is 24.4 Å². The highest BCUT2D eigenvalue weighted by Crippen LogP contribution is 2.20. The van der Waals surface area contributed by atoms with Crippen molar-refractivity contribution in [3.63, 3.8) is 0 Å². The summed E-state index contributed by atoms with van der Waals surface area (Å²) in [6, 6.07) is 14.6. The number of amides is 2. The molecule has 0 unspecified atom stereocenters. The van der Waals surface area contributed by atoms with Crippen molar-refractivity contribution in [2.24, 2.45) is 0 Å². The van der Waals surface area contributed by atoms with Gasteiger partial charge in [0.1, 0.15) is 28.4 Å². The molecule has 0 bridgehead atoms. The van der Waals surface area contributed by atoms with Crippen molar-refractivity contribution in [2.45, 2.75) is 86.2 Å². The lowest BCUT2D eigenvalue weighted by Gasteiger charge is -2.19. The maximum Gasteiger partial charge on any atom is 0.341 e. The van der Waals surface area contributed by atoms with E-state index in [1.54, 1.807) is 69.8 Å². The number of carboxylic acids is 1. The molecule has 0 aliphatic rings. The number of rotatable bonds is 21. The summed E-state index contributed by atoms with van der Waals surface area (Å²) in [6.45, 7) is 11.9. The zero-order valence-corrected chi connectivity index (χ0v) is 37.0. The van der Waals surface area contributed by atoms with Gasteiger partial charge in [0, 0.05) is 96.6 Å². The Hall–Kier alpha value is -7.11. The molecule has 0 saturated carbocycles. The summed E-state index contributed by atoms with van der Waals surface area (Å²) in [7, 11) is 8.00. The molecule has 0 saturated heterocycles. The highest BCUT2D eigenvalue weighted by atomic mass is 16.6. The topological polar surface area (TPSA) is 247 Å². The molecule has 1 aromatic carbocycles. The van der Waals surface area contributed by atoms with E-state index in [9.17, 15) is 19.2 Å². The van der Waals surface area contributed by atoms with Crippen molar-refractivity contribution in [1.29, 1.82) is 0 Å². The molecule has 0 fully saturated rings. The monoisotopic (exact) mass is 886 g/mol. The molecule has 0 atom stereocenters. The normalized spacial score (nSPS) is 10.2. The van der Waals surface area contributed by atoms with Crippen LogP contribution < -0.4 is 31.9 Å². The maximum atomic E-state index is 13.1. The first-order valence-corrected chi connectivity index (χ1v) is 20.8. The number of carboxylic acid groups (broad SMARTS) is 1. The number of esters is 1. The number of nitrogens with one attached hydrogen (secondary N) is 6. The van der Waals surface area contributed by atoms with E-state index in [1.807, 2.05) is 38.1 Å². The number of nitrogens with zero attached hydrogens (tertiary/aromatic N) is 6. The largest absolute Gasteiger partial charge is 0.477 e. The molecule has 342 valence electrons.